The minimum Gasteiger partial charge on any atom is -0.759 e. The molecule has 16 nitrogen and oxygen atoms in total. The van der Waals surface area contributed by atoms with Gasteiger partial charge in [0.05, 0.1) is 0 Å². The van der Waals surface area contributed by atoms with E-state index < -0.39 is 41.6 Å². The summed E-state index contributed by atoms with van der Waals surface area (Å²) in [4.78, 5) is 0. The maximum absolute atomic E-state index is 8.74. The summed E-state index contributed by atoms with van der Waals surface area (Å²) in [6.07, 6.45) is 0. The average molecular weight is 488 g/mol. The summed E-state index contributed by atoms with van der Waals surface area (Å²) >= 11 is 0. The van der Waals surface area contributed by atoms with Crippen molar-refractivity contribution in [3.63, 3.8) is 0 Å². The molecule has 0 amide bonds. The van der Waals surface area contributed by atoms with Crippen molar-refractivity contribution in [1.29, 1.82) is 0 Å². The Morgan fingerprint density at radius 2 is 0.455 bits per heavy atom. The van der Waals surface area contributed by atoms with Gasteiger partial charge in [0.1, 0.15) is 0 Å². The Bertz CT molecular complexity index is 477. The summed E-state index contributed by atoms with van der Waals surface area (Å²) in [6, 6.07) is 0. The second-order valence-electron chi connectivity index (χ2n) is 1.67. The maximum atomic E-state index is 8.74. The zero-order chi connectivity index (χ0) is 18.0. The van der Waals surface area contributed by atoms with E-state index in [4.69, 9.17) is 70.1 Å². The number of hydrogen-bond donors (Lipinski definition) is 2. The average Bonchev–Trinajstić information content (AvgIpc) is 1.62. The maximum Gasteiger partial charge on any atom is 3.00 e. The molecule has 0 rings (SSSR count). The van der Waals surface area contributed by atoms with Gasteiger partial charge in [-0.3, -0.25) is 34.4 Å². The van der Waals surface area contributed by atoms with Crippen LogP contribution in [0.5, 0.6) is 0 Å². The van der Waals surface area contributed by atoms with Gasteiger partial charge in [-0.05, 0) is 0 Å². The van der Waals surface area contributed by atoms with Crippen molar-refractivity contribution in [3.8, 4) is 0 Å². The fourth-order valence-electron chi connectivity index (χ4n) is 0. The molecule has 0 spiro atoms. The molecular weight excluding hydrogens is 486 g/mol. The molecule has 2 N–H and O–H groups in total. The van der Waals surface area contributed by atoms with E-state index in [1.165, 1.54) is 0 Å². The summed E-state index contributed by atoms with van der Waals surface area (Å²) < 4.78 is 134. The van der Waals surface area contributed by atoms with Gasteiger partial charge < -0.3 is 27.3 Å². The molecule has 0 aliphatic heterocycles. The van der Waals surface area contributed by atoms with Gasteiger partial charge in [0.2, 0.25) is 0 Å². The van der Waals surface area contributed by atoms with Gasteiger partial charge in [-0.25, -0.2) is 0 Å². The summed E-state index contributed by atoms with van der Waals surface area (Å²) in [5, 5.41) is 0. The van der Waals surface area contributed by atoms with Gasteiger partial charge in [-0.2, -0.15) is 8.42 Å². The minimum absolute atomic E-state index is 0. The van der Waals surface area contributed by atoms with Crippen LogP contribution >= 0.6 is 0 Å². The molecule has 0 radical (unpaired) electrons. The van der Waals surface area contributed by atoms with E-state index in [0.717, 1.165) is 0 Å². The minimum atomic E-state index is -5.17. The first-order valence-electron chi connectivity index (χ1n) is 2.70. The van der Waals surface area contributed by atoms with Crippen LogP contribution < -0.4 is 0 Å². The Balaban J connectivity index is -0.0000000376. The first kappa shape index (κ1) is 38.3. The van der Waals surface area contributed by atoms with E-state index in [1.807, 2.05) is 0 Å². The van der Waals surface area contributed by atoms with Crippen LogP contribution in [0.4, 0.5) is 0 Å². The Morgan fingerprint density at radius 3 is 0.455 bits per heavy atom. The molecule has 0 bridgehead atoms. The van der Waals surface area contributed by atoms with Crippen LogP contribution in [-0.4, -0.2) is 70.1 Å². The van der Waals surface area contributed by atoms with Crippen molar-refractivity contribution in [2.24, 2.45) is 0 Å². The van der Waals surface area contributed by atoms with Crippen molar-refractivity contribution in [2.45, 2.75) is 0 Å². The first-order chi connectivity index (χ1) is 8.00. The predicted molar refractivity (Wildman–Crippen MR) is 45.6 cm³/mol. The van der Waals surface area contributed by atoms with Crippen LogP contribution in [-0.2, 0) is 78.7 Å². The second-order valence-corrected chi connectivity index (χ2v) is 5.02. The predicted octanol–water partition coefficient (Wildman–Crippen LogP) is -4.67. The third-order valence-electron chi connectivity index (χ3n) is 0. The van der Waals surface area contributed by atoms with Crippen molar-refractivity contribution in [1.82, 2.24) is 0 Å². The Hall–Kier alpha value is 0.649. The van der Waals surface area contributed by atoms with Crippen LogP contribution in [0.25, 0.3) is 0 Å². The summed E-state index contributed by atoms with van der Waals surface area (Å²) in [6.45, 7) is 0. The third kappa shape index (κ3) is 18900. The van der Waals surface area contributed by atoms with Crippen LogP contribution in [0.1, 0.15) is 0 Å². The van der Waals surface area contributed by atoms with E-state index in [2.05, 4.69) is 0 Å². The van der Waals surface area contributed by atoms with Gasteiger partial charge in [-0.1, -0.05) is 0 Å². The van der Waals surface area contributed by atoms with Gasteiger partial charge in [-0.15, -0.1) is 0 Å². The van der Waals surface area contributed by atoms with Crippen LogP contribution in [0.15, 0.2) is 0 Å². The zero-order valence-corrected chi connectivity index (χ0v) is 15.2. The molecule has 0 aliphatic carbocycles. The summed E-state index contributed by atoms with van der Waals surface area (Å²) in [5.74, 6) is 0. The molecule has 0 unspecified atom stereocenters. The summed E-state index contributed by atoms with van der Waals surface area (Å²) in [5.41, 5.74) is 0. The fraction of sp³-hybridized carbons (Fsp3) is 0. The Morgan fingerprint density at radius 1 is 0.455 bits per heavy atom. The van der Waals surface area contributed by atoms with E-state index in [0.29, 0.717) is 0 Å². The molecule has 0 fully saturated rings. The van der Waals surface area contributed by atoms with Crippen molar-refractivity contribution < 1.29 is 107 Å². The molecule has 0 saturated carbocycles. The third-order valence-corrected chi connectivity index (χ3v) is 0. The largest absolute Gasteiger partial charge is 3.00 e. The Labute approximate surface area is 148 Å². The zero-order valence-electron chi connectivity index (χ0n) is 9.14. The van der Waals surface area contributed by atoms with Crippen LogP contribution in [0.2, 0.25) is 0 Å². The molecule has 0 aromatic heterocycles. The van der Waals surface area contributed by atoms with Crippen molar-refractivity contribution in [3.05, 3.63) is 0 Å². The molecule has 22 heteroatoms. The molecule has 0 aromatic rings. The molecule has 132 valence electrons. The first-order valence-corrected chi connectivity index (χ1v) is 8.10. The summed E-state index contributed by atoms with van der Waals surface area (Å²) in [7, 11) is -20.2. The van der Waals surface area contributed by atoms with E-state index >= 15 is 0 Å². The smallest absolute Gasteiger partial charge is 0.759 e. The van der Waals surface area contributed by atoms with E-state index in [9.17, 15) is 0 Å². The van der Waals surface area contributed by atoms with E-state index in [1.54, 1.807) is 0 Å². The fourth-order valence-corrected chi connectivity index (χ4v) is 0. The van der Waals surface area contributed by atoms with Crippen molar-refractivity contribution in [2.75, 3.05) is 0 Å². The monoisotopic (exact) mass is 488 g/mol. The van der Waals surface area contributed by atoms with Crippen molar-refractivity contribution >= 4 is 41.6 Å². The molecule has 0 aliphatic rings. The quantitative estimate of drug-likeness (QED) is 0.239. The topological polar surface area (TPSA) is 315 Å². The molecule has 0 heterocycles. The molecule has 0 atom stereocenters. The SMILES string of the molecule is O=S(=O)(O)O.O=S(=O)([O-])[O-].O=S(=O)([O-])[O-].O=S(=O)([O-])[O-].[V+3].[V+3]. The van der Waals surface area contributed by atoms with Gasteiger partial charge in [0.15, 0.2) is 0 Å². The number of hydrogen-bond acceptors (Lipinski definition) is 14. The molecule has 0 aromatic carbocycles. The van der Waals surface area contributed by atoms with E-state index in [-0.39, 0.29) is 37.1 Å². The van der Waals surface area contributed by atoms with Gasteiger partial charge >= 0.3 is 47.5 Å². The standard InChI is InChI=1S/4H2O4S.2V/c4*1-5(2,3)4;;/h4*(H2,1,2,3,4);;/q;;;;2*+3/p-6. The molecular formula is H2O16S4V2. The second kappa shape index (κ2) is 15.2. The molecule has 22 heavy (non-hydrogen) atoms. The number of rotatable bonds is 0. The Kier molecular flexibility index (Phi) is 26.4. The van der Waals surface area contributed by atoms with Crippen LogP contribution in [0.3, 0.4) is 0 Å². The van der Waals surface area contributed by atoms with Crippen LogP contribution in [0, 0.1) is 0 Å². The van der Waals surface area contributed by atoms with Gasteiger partial charge in [0.25, 0.3) is 0 Å². The molecule has 0 saturated heterocycles. The normalized spacial score (nSPS) is 10.5. The van der Waals surface area contributed by atoms with Gasteiger partial charge in [0, 0.05) is 31.2 Å².